The van der Waals surface area contributed by atoms with Gasteiger partial charge in [0, 0.05) is 58.5 Å². The average molecular weight is 360 g/mol. The normalized spacial score (nSPS) is 24.0. The molecule has 3 heterocycles. The van der Waals surface area contributed by atoms with E-state index in [2.05, 4.69) is 5.10 Å². The number of hydrogen-bond donors (Lipinski definition) is 0. The molecule has 7 heteroatoms. The Hall–Kier alpha value is -2.15. The van der Waals surface area contributed by atoms with Gasteiger partial charge in [-0.15, -0.1) is 0 Å². The van der Waals surface area contributed by atoms with Crippen LogP contribution in [0, 0.1) is 5.92 Å². The van der Waals surface area contributed by atoms with Crippen LogP contribution in [-0.4, -0.2) is 70.8 Å². The third kappa shape index (κ3) is 4.15. The molecular formula is C19H28N4O3. The third-order valence-electron chi connectivity index (χ3n) is 5.48. The van der Waals surface area contributed by atoms with Crippen molar-refractivity contribution in [2.24, 2.45) is 13.0 Å². The second-order valence-corrected chi connectivity index (χ2v) is 7.09. The lowest BCUT2D eigenvalue weighted by Gasteiger charge is -2.42. The second kappa shape index (κ2) is 8.49. The van der Waals surface area contributed by atoms with Crippen LogP contribution >= 0.6 is 0 Å². The van der Waals surface area contributed by atoms with Gasteiger partial charge in [-0.05, 0) is 37.3 Å². The van der Waals surface area contributed by atoms with Gasteiger partial charge < -0.3 is 14.5 Å². The zero-order valence-electron chi connectivity index (χ0n) is 15.6. The summed E-state index contributed by atoms with van der Waals surface area (Å²) < 4.78 is 6.91. The van der Waals surface area contributed by atoms with Crippen molar-refractivity contribution in [3.63, 3.8) is 0 Å². The van der Waals surface area contributed by atoms with E-state index in [-0.39, 0.29) is 17.9 Å². The molecule has 0 bridgehead atoms. The van der Waals surface area contributed by atoms with Crippen LogP contribution < -0.4 is 0 Å². The van der Waals surface area contributed by atoms with E-state index in [1.807, 2.05) is 29.0 Å². The van der Waals surface area contributed by atoms with Crippen molar-refractivity contribution in [2.45, 2.75) is 31.7 Å². The Balaban J connectivity index is 1.64. The quantitative estimate of drug-likeness (QED) is 0.743. The van der Waals surface area contributed by atoms with Crippen molar-refractivity contribution >= 4 is 17.9 Å². The fourth-order valence-corrected chi connectivity index (χ4v) is 4.05. The van der Waals surface area contributed by atoms with Crippen LogP contribution in [0.5, 0.6) is 0 Å². The summed E-state index contributed by atoms with van der Waals surface area (Å²) >= 11 is 0. The Kier molecular flexibility index (Phi) is 6.08. The lowest BCUT2D eigenvalue weighted by molar-refractivity contribution is -0.136. The van der Waals surface area contributed by atoms with E-state index >= 15 is 0 Å². The van der Waals surface area contributed by atoms with Crippen molar-refractivity contribution in [3.05, 3.63) is 24.0 Å². The monoisotopic (exact) mass is 360 g/mol. The topological polar surface area (TPSA) is 67.7 Å². The molecular weight excluding hydrogens is 332 g/mol. The van der Waals surface area contributed by atoms with Gasteiger partial charge in [0.05, 0.1) is 12.3 Å². The highest BCUT2D eigenvalue weighted by atomic mass is 16.5. The molecule has 2 aliphatic heterocycles. The number of carbonyl (C=O) groups is 2. The average Bonchev–Trinajstić information content (AvgIpc) is 2.98. The van der Waals surface area contributed by atoms with Gasteiger partial charge in [0.15, 0.2) is 0 Å². The number of carbonyl (C=O) groups excluding carboxylic acids is 2. The molecule has 0 unspecified atom stereocenters. The van der Waals surface area contributed by atoms with Crippen LogP contribution in [0.3, 0.4) is 0 Å². The zero-order valence-corrected chi connectivity index (χ0v) is 15.6. The van der Waals surface area contributed by atoms with Gasteiger partial charge in [-0.2, -0.15) is 5.10 Å². The van der Waals surface area contributed by atoms with Crippen LogP contribution in [0.2, 0.25) is 0 Å². The van der Waals surface area contributed by atoms with E-state index in [9.17, 15) is 9.59 Å². The minimum absolute atomic E-state index is 0.0312. The zero-order chi connectivity index (χ0) is 18.5. The van der Waals surface area contributed by atoms with E-state index in [1.54, 1.807) is 24.1 Å². The van der Waals surface area contributed by atoms with Gasteiger partial charge in [-0.3, -0.25) is 14.3 Å². The van der Waals surface area contributed by atoms with E-state index in [1.165, 1.54) is 0 Å². The summed E-state index contributed by atoms with van der Waals surface area (Å²) in [5, 5.41) is 4.10. The third-order valence-corrected chi connectivity index (χ3v) is 5.48. The fourth-order valence-electron chi connectivity index (χ4n) is 4.05. The molecule has 2 saturated heterocycles. The van der Waals surface area contributed by atoms with Crippen LogP contribution in [0.15, 0.2) is 18.3 Å². The van der Waals surface area contributed by atoms with Crippen LogP contribution in [0.1, 0.15) is 31.4 Å². The number of nitrogens with zero attached hydrogens (tertiary/aromatic N) is 4. The minimum Gasteiger partial charge on any atom is -0.383 e. The second-order valence-electron chi connectivity index (χ2n) is 7.09. The number of likely N-dealkylation sites (tertiary alicyclic amines) is 2. The molecule has 0 aliphatic carbocycles. The minimum atomic E-state index is 0.0312. The summed E-state index contributed by atoms with van der Waals surface area (Å²) in [6.07, 6.45) is 8.49. The Labute approximate surface area is 154 Å². The maximum Gasteiger partial charge on any atom is 0.246 e. The Morgan fingerprint density at radius 3 is 3.00 bits per heavy atom. The predicted octanol–water partition coefficient (Wildman–Crippen LogP) is 1.31. The number of aryl methyl sites for hydroxylation is 1. The molecule has 0 saturated carbocycles. The Morgan fingerprint density at radius 1 is 1.42 bits per heavy atom. The standard InChI is InChI=1S/C19H28N4O3/c1-21-16(8-10-20-21)6-7-18(24)22-11-9-17-15(14-22)4-3-5-19(25)23(17)12-13-26-2/h6-8,10,15,17H,3-5,9,11-14H2,1-2H3/b7-6+/t15-,17+/m0/s1. The summed E-state index contributed by atoms with van der Waals surface area (Å²) in [4.78, 5) is 28.9. The highest BCUT2D eigenvalue weighted by molar-refractivity contribution is 5.91. The molecule has 26 heavy (non-hydrogen) atoms. The molecule has 0 radical (unpaired) electrons. The first kappa shape index (κ1) is 18.6. The molecule has 1 aromatic rings. The maximum absolute atomic E-state index is 12.6. The van der Waals surface area contributed by atoms with Crippen LogP contribution in [-0.2, 0) is 21.4 Å². The first-order valence-electron chi connectivity index (χ1n) is 9.33. The molecule has 2 atom stereocenters. The summed E-state index contributed by atoms with van der Waals surface area (Å²) in [7, 11) is 3.52. The number of ether oxygens (including phenoxy) is 1. The highest BCUT2D eigenvalue weighted by Crippen LogP contribution is 2.30. The predicted molar refractivity (Wildman–Crippen MR) is 98.2 cm³/mol. The number of rotatable bonds is 5. The van der Waals surface area contributed by atoms with E-state index < -0.39 is 0 Å². The van der Waals surface area contributed by atoms with Crippen molar-refractivity contribution in [3.8, 4) is 0 Å². The number of piperidine rings is 1. The molecule has 142 valence electrons. The highest BCUT2D eigenvalue weighted by Gasteiger charge is 2.38. The largest absolute Gasteiger partial charge is 0.383 e. The van der Waals surface area contributed by atoms with Gasteiger partial charge >= 0.3 is 0 Å². The Morgan fingerprint density at radius 2 is 2.27 bits per heavy atom. The molecule has 7 nitrogen and oxygen atoms in total. The SMILES string of the molecule is COCCN1C(=O)CCC[C@H]2CN(C(=O)/C=C/c3ccnn3C)CC[C@H]21. The molecule has 2 aliphatic rings. The van der Waals surface area contributed by atoms with Crippen molar-refractivity contribution in [1.29, 1.82) is 0 Å². The molecule has 0 spiro atoms. The van der Waals surface area contributed by atoms with Crippen LogP contribution in [0.25, 0.3) is 6.08 Å². The summed E-state index contributed by atoms with van der Waals surface area (Å²) in [6.45, 7) is 2.61. The first-order chi connectivity index (χ1) is 12.6. The summed E-state index contributed by atoms with van der Waals surface area (Å²) in [6, 6.07) is 2.10. The van der Waals surface area contributed by atoms with E-state index in [0.717, 1.165) is 31.5 Å². The number of aromatic nitrogens is 2. The van der Waals surface area contributed by atoms with Gasteiger partial charge in [0.1, 0.15) is 0 Å². The molecule has 3 rings (SSSR count). The molecule has 2 amide bonds. The van der Waals surface area contributed by atoms with Crippen molar-refractivity contribution in [2.75, 3.05) is 33.4 Å². The van der Waals surface area contributed by atoms with Gasteiger partial charge in [-0.1, -0.05) is 0 Å². The van der Waals surface area contributed by atoms with E-state index in [4.69, 9.17) is 4.74 Å². The maximum atomic E-state index is 12.6. The van der Waals surface area contributed by atoms with Gasteiger partial charge in [0.25, 0.3) is 0 Å². The lowest BCUT2D eigenvalue weighted by atomic mass is 9.88. The number of fused-ring (bicyclic) bond motifs is 1. The Bertz CT molecular complexity index is 669. The number of methoxy groups -OCH3 is 1. The van der Waals surface area contributed by atoms with E-state index in [0.29, 0.717) is 32.0 Å². The molecule has 2 fully saturated rings. The number of amides is 2. The molecule has 0 N–H and O–H groups in total. The fraction of sp³-hybridized carbons (Fsp3) is 0.632. The summed E-state index contributed by atoms with van der Waals surface area (Å²) in [5.41, 5.74) is 0.902. The smallest absolute Gasteiger partial charge is 0.246 e. The van der Waals surface area contributed by atoms with Crippen LogP contribution in [0.4, 0.5) is 0 Å². The van der Waals surface area contributed by atoms with Gasteiger partial charge in [-0.25, -0.2) is 0 Å². The van der Waals surface area contributed by atoms with Gasteiger partial charge in [0.2, 0.25) is 11.8 Å². The lowest BCUT2D eigenvalue weighted by Crippen LogP contribution is -2.53. The van der Waals surface area contributed by atoms with Crippen molar-refractivity contribution < 1.29 is 14.3 Å². The molecule has 1 aromatic heterocycles. The first-order valence-corrected chi connectivity index (χ1v) is 9.33. The molecule has 0 aromatic carbocycles. The number of hydrogen-bond acceptors (Lipinski definition) is 4. The van der Waals surface area contributed by atoms with Crippen molar-refractivity contribution in [1.82, 2.24) is 19.6 Å². The summed E-state index contributed by atoms with van der Waals surface area (Å²) in [5.74, 6) is 0.607.